The van der Waals surface area contributed by atoms with Crippen LogP contribution < -0.4 is 0 Å². The molecular formula is C15H30. The third-order valence-corrected chi connectivity index (χ3v) is 4.35. The average molecular weight is 210 g/mol. The predicted molar refractivity (Wildman–Crippen MR) is 71.0 cm³/mol. The van der Waals surface area contributed by atoms with E-state index in [1.54, 1.807) is 0 Å². The van der Waals surface area contributed by atoms with Gasteiger partial charge in [0.05, 0.1) is 0 Å². The van der Waals surface area contributed by atoms with E-state index in [-0.39, 0.29) is 5.41 Å². The normalized spacial score (nSPS) is 15.3. The summed E-state index contributed by atoms with van der Waals surface area (Å²) >= 11 is 0. The van der Waals surface area contributed by atoms with Crippen LogP contribution in [0.4, 0.5) is 0 Å². The summed E-state index contributed by atoms with van der Waals surface area (Å²) in [5, 5.41) is 0. The molecule has 0 heterocycles. The molecular weight excluding hydrogens is 180 g/mol. The molecule has 0 rings (SSSR count). The third-order valence-electron chi connectivity index (χ3n) is 4.35. The molecule has 0 bridgehead atoms. The van der Waals surface area contributed by atoms with Gasteiger partial charge >= 0.3 is 0 Å². The Kier molecular flexibility index (Phi) is 4.24. The maximum atomic E-state index is 2.40. The molecule has 0 atom stereocenters. The summed E-state index contributed by atoms with van der Waals surface area (Å²) in [5.74, 6) is 0.685. The Morgan fingerprint density at radius 3 is 1.40 bits per heavy atom. The molecule has 0 saturated carbocycles. The minimum atomic E-state index is 0.249. The molecule has 90 valence electrons. The molecule has 0 nitrogen and oxygen atoms in total. The minimum Gasteiger partial charge on any atom is -0.0820 e. The zero-order valence-electron chi connectivity index (χ0n) is 12.2. The molecule has 0 spiro atoms. The molecule has 15 heavy (non-hydrogen) atoms. The highest BCUT2D eigenvalue weighted by Crippen LogP contribution is 2.40. The van der Waals surface area contributed by atoms with Gasteiger partial charge in [0.1, 0.15) is 0 Å². The van der Waals surface area contributed by atoms with Crippen molar-refractivity contribution in [1.82, 2.24) is 0 Å². The highest BCUT2D eigenvalue weighted by molar-refractivity contribution is 5.06. The van der Waals surface area contributed by atoms with Crippen LogP contribution in [0.3, 0.4) is 0 Å². The number of rotatable bonds is 3. The zero-order valence-corrected chi connectivity index (χ0v) is 12.2. The van der Waals surface area contributed by atoms with E-state index in [0.717, 1.165) is 0 Å². The van der Waals surface area contributed by atoms with E-state index in [9.17, 15) is 0 Å². The summed E-state index contributed by atoms with van der Waals surface area (Å²) in [7, 11) is 0. The number of hydrogen-bond acceptors (Lipinski definition) is 0. The zero-order chi connectivity index (χ0) is 12.5. The first kappa shape index (κ1) is 14.7. The van der Waals surface area contributed by atoms with Crippen LogP contribution in [0.15, 0.2) is 12.2 Å². The van der Waals surface area contributed by atoms with Gasteiger partial charge in [-0.15, -0.1) is 0 Å². The molecule has 0 aliphatic carbocycles. The SMILES string of the molecule is CC(C)C(C)(C)/C=C/C(C)(C)C(C)(C)C. The van der Waals surface area contributed by atoms with E-state index >= 15 is 0 Å². The van der Waals surface area contributed by atoms with Crippen LogP contribution in [0.5, 0.6) is 0 Å². The smallest absolute Gasteiger partial charge is 0.0126 e. The topological polar surface area (TPSA) is 0 Å². The van der Waals surface area contributed by atoms with Crippen LogP contribution in [-0.4, -0.2) is 0 Å². The molecule has 0 heteroatoms. The summed E-state index contributed by atoms with van der Waals surface area (Å²) in [6, 6.07) is 0. The second-order valence-electron chi connectivity index (χ2n) is 7.28. The summed E-state index contributed by atoms with van der Waals surface area (Å²) in [6.07, 6.45) is 4.79. The second kappa shape index (κ2) is 4.31. The standard InChI is InChI=1S/C15H30/c1-12(2)14(6,7)10-11-15(8,9)13(3,4)5/h10-12H,1-9H3/b11-10+. The quantitative estimate of drug-likeness (QED) is 0.555. The molecule has 0 aromatic heterocycles. The minimum absolute atomic E-state index is 0.249. The van der Waals surface area contributed by atoms with Gasteiger partial charge in [-0.1, -0.05) is 74.5 Å². The Bertz CT molecular complexity index is 221. The molecule has 0 N–H and O–H groups in total. The van der Waals surface area contributed by atoms with Crippen LogP contribution in [0.25, 0.3) is 0 Å². The van der Waals surface area contributed by atoms with E-state index < -0.39 is 0 Å². The lowest BCUT2D eigenvalue weighted by atomic mass is 9.68. The molecule has 0 aromatic rings. The molecule has 0 aromatic carbocycles. The van der Waals surface area contributed by atoms with Crippen molar-refractivity contribution in [1.29, 1.82) is 0 Å². The summed E-state index contributed by atoms with van der Waals surface area (Å²) in [6.45, 7) is 20.8. The Morgan fingerprint density at radius 1 is 0.733 bits per heavy atom. The van der Waals surface area contributed by atoms with Crippen LogP contribution in [0.2, 0.25) is 0 Å². The van der Waals surface area contributed by atoms with Gasteiger partial charge in [-0.05, 0) is 22.2 Å². The van der Waals surface area contributed by atoms with E-state index in [1.165, 1.54) is 0 Å². The van der Waals surface area contributed by atoms with E-state index in [0.29, 0.717) is 16.7 Å². The van der Waals surface area contributed by atoms with Crippen molar-refractivity contribution in [3.05, 3.63) is 12.2 Å². The van der Waals surface area contributed by atoms with Crippen molar-refractivity contribution in [3.8, 4) is 0 Å². The lowest BCUT2D eigenvalue weighted by molar-refractivity contribution is 0.189. The molecule has 0 radical (unpaired) electrons. The van der Waals surface area contributed by atoms with Crippen molar-refractivity contribution < 1.29 is 0 Å². The van der Waals surface area contributed by atoms with E-state index in [2.05, 4.69) is 74.5 Å². The number of allylic oxidation sites excluding steroid dienone is 2. The van der Waals surface area contributed by atoms with Crippen molar-refractivity contribution >= 4 is 0 Å². The Hall–Kier alpha value is -0.260. The maximum Gasteiger partial charge on any atom is -0.0126 e. The van der Waals surface area contributed by atoms with Gasteiger partial charge in [0.15, 0.2) is 0 Å². The fourth-order valence-corrected chi connectivity index (χ4v) is 0.866. The van der Waals surface area contributed by atoms with Crippen LogP contribution in [0.1, 0.15) is 62.3 Å². The number of hydrogen-bond donors (Lipinski definition) is 0. The lowest BCUT2D eigenvalue weighted by Gasteiger charge is -2.37. The predicted octanol–water partition coefficient (Wildman–Crippen LogP) is 5.30. The third kappa shape index (κ3) is 4.01. The van der Waals surface area contributed by atoms with Gasteiger partial charge in [0.25, 0.3) is 0 Å². The van der Waals surface area contributed by atoms with Gasteiger partial charge in [-0.3, -0.25) is 0 Å². The van der Waals surface area contributed by atoms with Gasteiger partial charge in [-0.2, -0.15) is 0 Å². The first-order valence-corrected chi connectivity index (χ1v) is 6.10. The Balaban J connectivity index is 4.81. The maximum absolute atomic E-state index is 2.40. The summed E-state index contributed by atoms with van der Waals surface area (Å²) in [4.78, 5) is 0. The molecule has 0 aliphatic rings. The highest BCUT2D eigenvalue weighted by Gasteiger charge is 2.31. The molecule has 0 fully saturated rings. The van der Waals surface area contributed by atoms with Crippen LogP contribution in [-0.2, 0) is 0 Å². The van der Waals surface area contributed by atoms with Crippen molar-refractivity contribution in [2.45, 2.75) is 62.3 Å². The molecule has 0 aliphatic heterocycles. The van der Waals surface area contributed by atoms with Crippen LogP contribution in [0, 0.1) is 22.2 Å². The van der Waals surface area contributed by atoms with Gasteiger partial charge in [0, 0.05) is 0 Å². The summed E-state index contributed by atoms with van der Waals surface area (Å²) in [5.41, 5.74) is 0.859. The fraction of sp³-hybridized carbons (Fsp3) is 0.867. The lowest BCUT2D eigenvalue weighted by Crippen LogP contribution is -2.28. The average Bonchev–Trinajstić information content (AvgIpc) is 1.99. The van der Waals surface area contributed by atoms with Crippen LogP contribution >= 0.6 is 0 Å². The Morgan fingerprint density at radius 2 is 1.13 bits per heavy atom. The van der Waals surface area contributed by atoms with E-state index in [1.807, 2.05) is 0 Å². The first-order chi connectivity index (χ1) is 6.40. The summed E-state index contributed by atoms with van der Waals surface area (Å²) < 4.78 is 0. The molecule has 0 saturated heterocycles. The van der Waals surface area contributed by atoms with E-state index in [4.69, 9.17) is 0 Å². The monoisotopic (exact) mass is 210 g/mol. The largest absolute Gasteiger partial charge is 0.0820 e. The van der Waals surface area contributed by atoms with Gasteiger partial charge in [0.2, 0.25) is 0 Å². The Labute approximate surface area is 97.2 Å². The van der Waals surface area contributed by atoms with Crippen molar-refractivity contribution in [2.24, 2.45) is 22.2 Å². The van der Waals surface area contributed by atoms with Crippen molar-refractivity contribution in [2.75, 3.05) is 0 Å². The van der Waals surface area contributed by atoms with Gasteiger partial charge < -0.3 is 0 Å². The molecule has 0 amide bonds. The molecule has 0 unspecified atom stereocenters. The highest BCUT2D eigenvalue weighted by atomic mass is 14.4. The second-order valence-corrected chi connectivity index (χ2v) is 7.28. The first-order valence-electron chi connectivity index (χ1n) is 6.10. The van der Waals surface area contributed by atoms with Gasteiger partial charge in [-0.25, -0.2) is 0 Å². The van der Waals surface area contributed by atoms with Crippen molar-refractivity contribution in [3.63, 3.8) is 0 Å². The fourth-order valence-electron chi connectivity index (χ4n) is 0.866.